The Morgan fingerprint density at radius 3 is 2.14 bits per heavy atom. The van der Waals surface area contributed by atoms with Crippen LogP contribution in [-0.2, 0) is 19.1 Å². The molecule has 0 radical (unpaired) electrons. The summed E-state index contributed by atoms with van der Waals surface area (Å²) >= 11 is 0. The third kappa shape index (κ3) is 13.3. The highest BCUT2D eigenvalue weighted by atomic mass is 79.9. The van der Waals surface area contributed by atoms with Crippen molar-refractivity contribution in [2.24, 2.45) is 0 Å². The molecule has 0 saturated carbocycles. The third-order valence-corrected chi connectivity index (χ3v) is 2.47. The average molecular weight is 362 g/mol. The molecule has 0 saturated heterocycles. The van der Waals surface area contributed by atoms with Crippen LogP contribution < -0.4 is 17.0 Å². The molecule has 0 spiro atoms. The average Bonchev–Trinajstić information content (AvgIpc) is 2.39. The lowest BCUT2D eigenvalue weighted by Gasteiger charge is -2.28. The van der Waals surface area contributed by atoms with Crippen LogP contribution >= 0.6 is 0 Å². The first-order chi connectivity index (χ1) is 9.41. The summed E-state index contributed by atoms with van der Waals surface area (Å²) in [5.41, 5.74) is 0. The summed E-state index contributed by atoms with van der Waals surface area (Å²) < 4.78 is 10.5. The summed E-state index contributed by atoms with van der Waals surface area (Å²) in [5.74, 6) is -1.14. The van der Waals surface area contributed by atoms with Gasteiger partial charge in [0, 0.05) is 18.6 Å². The number of likely N-dealkylation sites (N-methyl/N-ethyl adjacent to an activating group) is 1. The van der Waals surface area contributed by atoms with Gasteiger partial charge in [-0.3, -0.25) is 0 Å². The van der Waals surface area contributed by atoms with E-state index in [0.29, 0.717) is 6.61 Å². The van der Waals surface area contributed by atoms with Crippen LogP contribution in [0.5, 0.6) is 0 Å². The van der Waals surface area contributed by atoms with Crippen molar-refractivity contribution in [3.05, 3.63) is 37.5 Å². The van der Waals surface area contributed by atoms with Gasteiger partial charge in [-0.05, 0) is 6.08 Å². The Labute approximate surface area is 137 Å². The minimum absolute atomic E-state index is 0. The van der Waals surface area contributed by atoms with Crippen LogP contribution in [0.15, 0.2) is 37.5 Å². The van der Waals surface area contributed by atoms with Gasteiger partial charge < -0.3 is 30.9 Å². The van der Waals surface area contributed by atoms with Crippen LogP contribution in [0.25, 0.3) is 0 Å². The number of quaternary nitrogens is 1. The largest absolute Gasteiger partial charge is 1.00 e. The summed E-state index contributed by atoms with van der Waals surface area (Å²) in [5, 5.41) is 0. The zero-order valence-corrected chi connectivity index (χ0v) is 14.3. The number of esters is 2. The van der Waals surface area contributed by atoms with Gasteiger partial charge in [0.2, 0.25) is 0 Å². The number of hydrogen-bond acceptors (Lipinski definition) is 4. The number of carbonyl (C=O) groups is 2. The Bertz CT molecular complexity index is 378. The van der Waals surface area contributed by atoms with Crippen molar-refractivity contribution < 1.29 is 40.5 Å². The number of carbonyl (C=O) groups excluding carboxylic acids is 2. The van der Waals surface area contributed by atoms with Gasteiger partial charge in [0.15, 0.2) is 0 Å². The number of ether oxygens (including phenoxy) is 2. The van der Waals surface area contributed by atoms with Gasteiger partial charge in [0.1, 0.15) is 6.61 Å². The van der Waals surface area contributed by atoms with E-state index in [1.54, 1.807) is 0 Å². The summed E-state index contributed by atoms with van der Waals surface area (Å²) in [6.07, 6.45) is 6.18. The Morgan fingerprint density at radius 1 is 1.05 bits per heavy atom. The van der Waals surface area contributed by atoms with Gasteiger partial charge in [-0.1, -0.05) is 19.2 Å². The number of rotatable bonds is 10. The van der Waals surface area contributed by atoms with E-state index < -0.39 is 11.9 Å². The smallest absolute Gasteiger partial charge is 0.331 e. The lowest BCUT2D eigenvalue weighted by atomic mass is 10.3. The Hall–Kier alpha value is -1.40. The molecule has 0 aromatic heterocycles. The minimum atomic E-state index is -0.592. The van der Waals surface area contributed by atoms with Gasteiger partial charge in [0.25, 0.3) is 0 Å². The highest BCUT2D eigenvalue weighted by Crippen LogP contribution is 1.99. The summed E-state index contributed by atoms with van der Waals surface area (Å²) in [6, 6.07) is 0. The van der Waals surface area contributed by atoms with Gasteiger partial charge in [-0.15, -0.1) is 0 Å². The maximum atomic E-state index is 11.3. The number of hydrogen-bond donors (Lipinski definition) is 0. The molecule has 0 rings (SSSR count). The predicted molar refractivity (Wildman–Crippen MR) is 77.9 cm³/mol. The van der Waals surface area contributed by atoms with E-state index in [9.17, 15) is 9.59 Å². The second-order valence-electron chi connectivity index (χ2n) is 4.90. The second-order valence-corrected chi connectivity index (χ2v) is 4.90. The van der Waals surface area contributed by atoms with Crippen molar-refractivity contribution in [1.82, 2.24) is 0 Å². The van der Waals surface area contributed by atoms with Gasteiger partial charge in [-0.25, -0.2) is 9.59 Å². The first kappa shape index (κ1) is 21.9. The zero-order valence-electron chi connectivity index (χ0n) is 12.7. The quantitative estimate of drug-likeness (QED) is 0.156. The molecule has 0 heterocycles. The normalized spacial score (nSPS) is 10.6. The fourth-order valence-corrected chi connectivity index (χ4v) is 1.48. The van der Waals surface area contributed by atoms with E-state index in [2.05, 4.69) is 32.0 Å². The topological polar surface area (TPSA) is 52.6 Å². The molecule has 0 aromatic rings. The molecule has 0 aromatic carbocycles. The minimum Gasteiger partial charge on any atom is -1.00 e. The van der Waals surface area contributed by atoms with Gasteiger partial charge in [-0.2, -0.15) is 0 Å². The maximum Gasteiger partial charge on any atom is 0.331 e. The standard InChI is InChI=1S/C15H24NO4.BrH/c1-5-10-16(3,4)11-7-13-20-15(18)9-8-14(17)19-12-6-2;/h5-6,8-9H,1-2,7,10-13H2,3-4H3;1H/q+1;/p-1. The summed E-state index contributed by atoms with van der Waals surface area (Å²) in [4.78, 5) is 22.4. The first-order valence-electron chi connectivity index (χ1n) is 6.46. The molecule has 0 bridgehead atoms. The Morgan fingerprint density at radius 2 is 1.62 bits per heavy atom. The second kappa shape index (κ2) is 12.3. The van der Waals surface area contributed by atoms with Crippen molar-refractivity contribution in [2.75, 3.05) is 40.4 Å². The lowest BCUT2D eigenvalue weighted by Crippen LogP contribution is -3.00. The summed E-state index contributed by atoms with van der Waals surface area (Å²) in [7, 11) is 4.16. The molecule has 0 amide bonds. The molecule has 0 aliphatic carbocycles. The lowest BCUT2D eigenvalue weighted by molar-refractivity contribution is -0.884. The molecule has 0 unspecified atom stereocenters. The van der Waals surface area contributed by atoms with Crippen LogP contribution in [0.1, 0.15) is 6.42 Å². The van der Waals surface area contributed by atoms with Gasteiger partial charge >= 0.3 is 11.9 Å². The van der Waals surface area contributed by atoms with E-state index in [1.165, 1.54) is 6.08 Å². The monoisotopic (exact) mass is 361 g/mol. The van der Waals surface area contributed by atoms with E-state index >= 15 is 0 Å². The highest BCUT2D eigenvalue weighted by Gasteiger charge is 2.12. The van der Waals surface area contributed by atoms with Crippen LogP contribution in [-0.4, -0.2) is 56.8 Å². The van der Waals surface area contributed by atoms with E-state index in [-0.39, 0.29) is 23.6 Å². The SMILES string of the molecule is C=CCOC(=O)C=CC(=O)OCCC[N+](C)(C)CC=C.[Br-]. The molecule has 0 N–H and O–H groups in total. The number of halogens is 1. The van der Waals surface area contributed by atoms with Crippen molar-refractivity contribution >= 4 is 11.9 Å². The van der Waals surface area contributed by atoms with Crippen molar-refractivity contribution in [3.8, 4) is 0 Å². The molecule has 0 aliphatic heterocycles. The fraction of sp³-hybridized carbons (Fsp3) is 0.467. The van der Waals surface area contributed by atoms with Crippen molar-refractivity contribution in [3.63, 3.8) is 0 Å². The van der Waals surface area contributed by atoms with Crippen LogP contribution in [0.4, 0.5) is 0 Å². The maximum absolute atomic E-state index is 11.3. The molecular formula is C15H24BrNO4. The van der Waals surface area contributed by atoms with E-state index in [4.69, 9.17) is 4.74 Å². The molecule has 6 heteroatoms. The first-order valence-corrected chi connectivity index (χ1v) is 6.46. The Balaban J connectivity index is 0. The number of nitrogens with zero attached hydrogens (tertiary/aromatic N) is 1. The molecule has 0 fully saturated rings. The molecular weight excluding hydrogens is 338 g/mol. The van der Waals surface area contributed by atoms with Crippen molar-refractivity contribution in [1.29, 1.82) is 0 Å². The fourth-order valence-electron chi connectivity index (χ4n) is 1.48. The van der Waals surface area contributed by atoms with Crippen LogP contribution in [0, 0.1) is 0 Å². The molecule has 0 aliphatic rings. The van der Waals surface area contributed by atoms with E-state index in [0.717, 1.165) is 36.1 Å². The highest BCUT2D eigenvalue weighted by molar-refractivity contribution is 5.91. The third-order valence-electron chi connectivity index (χ3n) is 2.47. The Kier molecular flexibility index (Phi) is 12.9. The van der Waals surface area contributed by atoms with E-state index in [1.807, 2.05) is 6.08 Å². The van der Waals surface area contributed by atoms with Gasteiger partial charge in [0.05, 0.1) is 33.8 Å². The van der Waals surface area contributed by atoms with Crippen LogP contribution in [0.3, 0.4) is 0 Å². The molecule has 120 valence electrons. The molecule has 21 heavy (non-hydrogen) atoms. The molecule has 5 nitrogen and oxygen atoms in total. The predicted octanol–water partition coefficient (Wildman–Crippen LogP) is -1.53. The zero-order chi connectivity index (χ0) is 15.4. The molecule has 0 atom stereocenters. The van der Waals surface area contributed by atoms with Crippen molar-refractivity contribution in [2.45, 2.75) is 6.42 Å². The van der Waals surface area contributed by atoms with Crippen LogP contribution in [0.2, 0.25) is 0 Å². The summed E-state index contributed by atoms with van der Waals surface area (Å²) in [6.45, 7) is 9.30.